The van der Waals surface area contributed by atoms with E-state index in [1.165, 1.54) is 18.2 Å². The highest BCUT2D eigenvalue weighted by Crippen LogP contribution is 2.24. The molecule has 0 unspecified atom stereocenters. The largest absolute Gasteiger partial charge is 0.484 e. The second-order valence-corrected chi connectivity index (χ2v) is 9.22. The zero-order chi connectivity index (χ0) is 22.4. The third kappa shape index (κ3) is 6.37. The van der Waals surface area contributed by atoms with Crippen molar-refractivity contribution >= 4 is 44.8 Å². The fourth-order valence-corrected chi connectivity index (χ4v) is 4.18. The lowest BCUT2D eigenvalue weighted by Gasteiger charge is -2.13. The second kappa shape index (κ2) is 10.0. The van der Waals surface area contributed by atoms with E-state index in [9.17, 15) is 13.2 Å². The van der Waals surface area contributed by atoms with Gasteiger partial charge in [0.1, 0.15) is 5.75 Å². The van der Waals surface area contributed by atoms with Gasteiger partial charge in [-0.2, -0.15) is 0 Å². The first-order chi connectivity index (χ1) is 14.7. The monoisotopic (exact) mass is 478 g/mol. The molecule has 9 heteroatoms. The maximum Gasteiger partial charge on any atom is 0.261 e. The number of hydrogen-bond acceptors (Lipinski definition) is 4. The first-order valence-electron chi connectivity index (χ1n) is 9.26. The first-order valence-corrected chi connectivity index (χ1v) is 11.5. The fraction of sp³-hybridized carbons (Fsp3) is 0.136. The van der Waals surface area contributed by atoms with Gasteiger partial charge in [-0.05, 0) is 66.6 Å². The highest BCUT2D eigenvalue weighted by atomic mass is 35.5. The lowest BCUT2D eigenvalue weighted by atomic mass is 10.2. The molecular formula is C22H20Cl2N2O4S. The Morgan fingerprint density at radius 2 is 1.71 bits per heavy atom. The number of amides is 1. The number of carbonyl (C=O) groups excluding carboxylic acids is 1. The van der Waals surface area contributed by atoms with E-state index in [0.717, 1.165) is 5.56 Å². The van der Waals surface area contributed by atoms with Crippen LogP contribution in [0.1, 0.15) is 11.1 Å². The summed E-state index contributed by atoms with van der Waals surface area (Å²) in [5.74, 6) is 0.0961. The molecule has 0 radical (unpaired) electrons. The third-order valence-corrected chi connectivity index (χ3v) is 6.35. The number of benzene rings is 3. The van der Waals surface area contributed by atoms with Crippen LogP contribution >= 0.6 is 23.2 Å². The Kier molecular flexibility index (Phi) is 7.43. The number of sulfonamides is 1. The minimum absolute atomic E-state index is 0.0791. The quantitative estimate of drug-likeness (QED) is 0.486. The Morgan fingerprint density at radius 1 is 1.00 bits per heavy atom. The summed E-state index contributed by atoms with van der Waals surface area (Å²) in [4.78, 5) is 12.2. The van der Waals surface area contributed by atoms with Crippen LogP contribution in [-0.4, -0.2) is 20.9 Å². The van der Waals surface area contributed by atoms with E-state index in [0.29, 0.717) is 27.0 Å². The zero-order valence-electron chi connectivity index (χ0n) is 16.6. The molecule has 3 rings (SSSR count). The molecule has 0 fully saturated rings. The normalized spacial score (nSPS) is 11.1. The highest BCUT2D eigenvalue weighted by Gasteiger charge is 2.16. The number of nitrogens with one attached hydrogen (secondary N) is 2. The smallest absolute Gasteiger partial charge is 0.261 e. The van der Waals surface area contributed by atoms with Crippen molar-refractivity contribution in [3.8, 4) is 5.75 Å². The molecule has 3 aromatic carbocycles. The van der Waals surface area contributed by atoms with Gasteiger partial charge in [0.25, 0.3) is 15.9 Å². The molecule has 6 nitrogen and oxygen atoms in total. The summed E-state index contributed by atoms with van der Waals surface area (Å²) in [6.07, 6.45) is 0. The molecule has 2 N–H and O–H groups in total. The molecule has 0 aromatic heterocycles. The van der Waals surface area contributed by atoms with Crippen LogP contribution in [0, 0.1) is 6.92 Å². The van der Waals surface area contributed by atoms with Crippen LogP contribution in [0.2, 0.25) is 10.0 Å². The molecule has 3 aromatic rings. The number of anilines is 1. The van der Waals surface area contributed by atoms with Crippen LogP contribution in [0.4, 0.5) is 5.69 Å². The van der Waals surface area contributed by atoms with Crippen LogP contribution < -0.4 is 14.8 Å². The molecule has 0 heterocycles. The molecule has 0 aliphatic heterocycles. The summed E-state index contributed by atoms with van der Waals surface area (Å²) in [5.41, 5.74) is 1.78. The maximum atomic E-state index is 12.6. The number of carbonyl (C=O) groups is 1. The number of ether oxygens (including phenoxy) is 1. The molecule has 1 amide bonds. The summed E-state index contributed by atoms with van der Waals surface area (Å²) in [5, 5.41) is 3.82. The van der Waals surface area contributed by atoms with Crippen molar-refractivity contribution in [1.82, 2.24) is 5.32 Å². The van der Waals surface area contributed by atoms with Gasteiger partial charge in [-0.1, -0.05) is 41.4 Å². The van der Waals surface area contributed by atoms with E-state index in [-0.39, 0.29) is 24.0 Å². The Balaban J connectivity index is 1.59. The first kappa shape index (κ1) is 22.9. The molecule has 0 spiro atoms. The average Bonchev–Trinajstić information content (AvgIpc) is 2.73. The van der Waals surface area contributed by atoms with Gasteiger partial charge in [-0.3, -0.25) is 9.52 Å². The molecule has 31 heavy (non-hydrogen) atoms. The predicted octanol–water partition coefficient (Wildman–Crippen LogP) is 4.80. The molecule has 0 aliphatic carbocycles. The van der Waals surface area contributed by atoms with Gasteiger partial charge in [-0.25, -0.2) is 8.42 Å². The minimum Gasteiger partial charge on any atom is -0.484 e. The van der Waals surface area contributed by atoms with Gasteiger partial charge >= 0.3 is 0 Å². The number of halogens is 2. The number of hydrogen-bond donors (Lipinski definition) is 2. The maximum absolute atomic E-state index is 12.6. The lowest BCUT2D eigenvalue weighted by molar-refractivity contribution is -0.123. The van der Waals surface area contributed by atoms with Crippen molar-refractivity contribution in [3.63, 3.8) is 0 Å². The van der Waals surface area contributed by atoms with Crippen molar-refractivity contribution in [2.24, 2.45) is 0 Å². The van der Waals surface area contributed by atoms with E-state index in [2.05, 4.69) is 10.0 Å². The summed E-state index contributed by atoms with van der Waals surface area (Å²) in [7, 11) is -3.78. The summed E-state index contributed by atoms with van der Waals surface area (Å²) >= 11 is 11.9. The third-order valence-electron chi connectivity index (χ3n) is 4.35. The van der Waals surface area contributed by atoms with Gasteiger partial charge < -0.3 is 10.1 Å². The molecule has 162 valence electrons. The zero-order valence-corrected chi connectivity index (χ0v) is 18.9. The topological polar surface area (TPSA) is 84.5 Å². The van der Waals surface area contributed by atoms with Crippen LogP contribution in [0.3, 0.4) is 0 Å². The average molecular weight is 479 g/mol. The van der Waals surface area contributed by atoms with Gasteiger partial charge in [-0.15, -0.1) is 0 Å². The van der Waals surface area contributed by atoms with E-state index in [4.69, 9.17) is 27.9 Å². The molecule has 0 saturated carbocycles. The molecule has 0 aliphatic rings. The van der Waals surface area contributed by atoms with Crippen molar-refractivity contribution in [1.29, 1.82) is 0 Å². The number of rotatable bonds is 8. The summed E-state index contributed by atoms with van der Waals surface area (Å²) in [6, 6.07) is 18.0. The highest BCUT2D eigenvalue weighted by molar-refractivity contribution is 7.92. The molecule has 0 saturated heterocycles. The lowest BCUT2D eigenvalue weighted by Crippen LogP contribution is -2.28. The minimum atomic E-state index is -3.78. The predicted molar refractivity (Wildman–Crippen MR) is 122 cm³/mol. The van der Waals surface area contributed by atoms with E-state index >= 15 is 0 Å². The van der Waals surface area contributed by atoms with Crippen LogP contribution in [-0.2, 0) is 21.4 Å². The Labute approximate surface area is 191 Å². The van der Waals surface area contributed by atoms with E-state index in [1.807, 2.05) is 18.2 Å². The summed E-state index contributed by atoms with van der Waals surface area (Å²) < 4.78 is 33.2. The SMILES string of the molecule is Cc1cc(S(=O)(=O)Nc2ccc(Cl)cc2)ccc1OCC(=O)NCc1ccccc1Cl. The van der Waals surface area contributed by atoms with Gasteiger partial charge in [0.05, 0.1) is 4.90 Å². The molecular weight excluding hydrogens is 459 g/mol. The van der Waals surface area contributed by atoms with Crippen LogP contribution in [0.25, 0.3) is 0 Å². The summed E-state index contributed by atoms with van der Waals surface area (Å²) in [6.45, 7) is 1.78. The van der Waals surface area contributed by atoms with E-state index < -0.39 is 10.0 Å². The standard InChI is InChI=1S/C22H20Cl2N2O4S/c1-15-12-19(31(28,29)26-18-8-6-17(23)7-9-18)10-11-21(15)30-14-22(27)25-13-16-4-2-3-5-20(16)24/h2-12,26H,13-14H2,1H3,(H,25,27). The Morgan fingerprint density at radius 3 is 2.39 bits per heavy atom. The fourth-order valence-electron chi connectivity index (χ4n) is 2.71. The molecule has 0 atom stereocenters. The van der Waals surface area contributed by atoms with Crippen molar-refractivity contribution in [2.45, 2.75) is 18.4 Å². The Bertz CT molecular complexity index is 1180. The van der Waals surface area contributed by atoms with Crippen molar-refractivity contribution in [2.75, 3.05) is 11.3 Å². The van der Waals surface area contributed by atoms with Gasteiger partial charge in [0.15, 0.2) is 6.61 Å². The van der Waals surface area contributed by atoms with Crippen LogP contribution in [0.5, 0.6) is 5.75 Å². The van der Waals surface area contributed by atoms with Crippen molar-refractivity contribution < 1.29 is 17.9 Å². The van der Waals surface area contributed by atoms with Gasteiger partial charge in [0, 0.05) is 22.3 Å². The second-order valence-electron chi connectivity index (χ2n) is 6.70. The van der Waals surface area contributed by atoms with Crippen LogP contribution in [0.15, 0.2) is 71.6 Å². The Hall–Kier alpha value is -2.74. The van der Waals surface area contributed by atoms with Gasteiger partial charge in [0.2, 0.25) is 0 Å². The molecule has 0 bridgehead atoms. The number of aryl methyl sites for hydroxylation is 1. The van der Waals surface area contributed by atoms with Crippen molar-refractivity contribution in [3.05, 3.63) is 87.9 Å². The van der Waals surface area contributed by atoms with E-state index in [1.54, 1.807) is 37.3 Å².